The van der Waals surface area contributed by atoms with Crippen LogP contribution in [0.3, 0.4) is 0 Å². The number of benzene rings is 1. The van der Waals surface area contributed by atoms with E-state index in [-0.39, 0.29) is 35.9 Å². The van der Waals surface area contributed by atoms with E-state index < -0.39 is 5.92 Å². The molecule has 0 aliphatic heterocycles. The van der Waals surface area contributed by atoms with Crippen LogP contribution in [-0.2, 0) is 20.8 Å². The summed E-state index contributed by atoms with van der Waals surface area (Å²) in [6.45, 7) is 14.5. The molecule has 0 spiro atoms. The van der Waals surface area contributed by atoms with Crippen molar-refractivity contribution >= 4 is 39.0 Å². The molecule has 3 atom stereocenters. The van der Waals surface area contributed by atoms with Crippen molar-refractivity contribution in [3.05, 3.63) is 40.9 Å². The molecule has 1 aromatic heterocycles. The van der Waals surface area contributed by atoms with Gasteiger partial charge in [0.25, 0.3) is 0 Å². The highest BCUT2D eigenvalue weighted by atomic mass is 32.1. The molecule has 198 valence electrons. The second kappa shape index (κ2) is 13.8. The minimum absolute atomic E-state index is 0.0198. The minimum atomic E-state index is -0.487. The van der Waals surface area contributed by atoms with Crippen LogP contribution in [0.15, 0.2) is 30.4 Å². The van der Waals surface area contributed by atoms with Crippen LogP contribution in [0, 0.1) is 11.8 Å². The molecule has 7 heteroatoms. The Hall–Kier alpha value is -2.38. The van der Waals surface area contributed by atoms with Crippen molar-refractivity contribution in [2.24, 2.45) is 11.8 Å². The highest BCUT2D eigenvalue weighted by molar-refractivity contribution is 7.18. The van der Waals surface area contributed by atoms with Gasteiger partial charge in [0.2, 0.25) is 5.91 Å². The Morgan fingerprint density at radius 1 is 1.17 bits per heavy atom. The third-order valence-corrected chi connectivity index (χ3v) is 7.73. The first-order valence-corrected chi connectivity index (χ1v) is 13.8. The van der Waals surface area contributed by atoms with Crippen molar-refractivity contribution in [1.82, 2.24) is 15.2 Å². The van der Waals surface area contributed by atoms with E-state index in [4.69, 9.17) is 4.98 Å². The van der Waals surface area contributed by atoms with Crippen molar-refractivity contribution in [3.63, 3.8) is 0 Å². The monoisotopic (exact) mass is 513 g/mol. The SMILES string of the molecule is C=C(CN(C)C)C(=O)CC[C@@H](NC(=O)[C@@H](CC(C)=O)Cc1nc2ccc(C(C)C)cc2s1)[C@@H](C)CC. The molecule has 0 unspecified atom stereocenters. The number of carbonyl (C=O) groups is 3. The van der Waals surface area contributed by atoms with Crippen molar-refractivity contribution < 1.29 is 14.4 Å². The van der Waals surface area contributed by atoms with Gasteiger partial charge in [-0.25, -0.2) is 4.98 Å². The summed E-state index contributed by atoms with van der Waals surface area (Å²) in [4.78, 5) is 44.7. The summed E-state index contributed by atoms with van der Waals surface area (Å²) < 4.78 is 1.10. The molecule has 1 heterocycles. The zero-order valence-corrected chi connectivity index (χ0v) is 23.8. The molecule has 0 saturated heterocycles. The van der Waals surface area contributed by atoms with E-state index in [1.165, 1.54) is 12.5 Å². The van der Waals surface area contributed by atoms with E-state index in [1.807, 2.05) is 25.1 Å². The van der Waals surface area contributed by atoms with Crippen LogP contribution in [0.4, 0.5) is 0 Å². The Labute approximate surface area is 220 Å². The third-order valence-electron chi connectivity index (χ3n) is 6.69. The van der Waals surface area contributed by atoms with Crippen LogP contribution in [0.2, 0.25) is 0 Å². The molecular formula is C29H43N3O3S. The first kappa shape index (κ1) is 29.8. The molecule has 1 amide bonds. The Balaban J connectivity index is 2.15. The van der Waals surface area contributed by atoms with Gasteiger partial charge in [-0.3, -0.25) is 9.59 Å². The summed E-state index contributed by atoms with van der Waals surface area (Å²) >= 11 is 1.59. The normalized spacial score (nSPS) is 14.1. The maximum absolute atomic E-state index is 13.4. The number of fused-ring (bicyclic) bond motifs is 1. The number of rotatable bonds is 15. The molecule has 0 fully saturated rings. The van der Waals surface area contributed by atoms with E-state index in [0.29, 0.717) is 37.3 Å². The molecule has 2 rings (SSSR count). The standard InChI is InChI=1S/C29H43N3O3S/c1-9-19(4)24(12-13-26(34)20(5)17-32(7)8)31-29(35)23(14-21(6)33)16-28-30-25-11-10-22(18(2)3)15-27(25)36-28/h10-11,15,18-19,23-24H,5,9,12-14,16-17H2,1-4,6-8H3,(H,31,35)/t19-,23-,24+/m0/s1. The lowest BCUT2D eigenvalue weighted by molar-refractivity contribution is -0.129. The molecule has 0 aliphatic rings. The molecule has 36 heavy (non-hydrogen) atoms. The molecule has 6 nitrogen and oxygen atoms in total. The van der Waals surface area contributed by atoms with Gasteiger partial charge < -0.3 is 15.0 Å². The number of aromatic nitrogens is 1. The zero-order chi connectivity index (χ0) is 27.0. The van der Waals surface area contributed by atoms with E-state index in [0.717, 1.165) is 21.6 Å². The average Bonchev–Trinajstić information content (AvgIpc) is 3.21. The molecular weight excluding hydrogens is 470 g/mol. The van der Waals surface area contributed by atoms with Gasteiger partial charge in [-0.1, -0.05) is 46.8 Å². The van der Waals surface area contributed by atoms with Gasteiger partial charge in [0.1, 0.15) is 5.78 Å². The number of hydrogen-bond donors (Lipinski definition) is 1. The Bertz CT molecular complexity index is 1070. The number of thiazole rings is 1. The van der Waals surface area contributed by atoms with Crippen molar-refractivity contribution in [3.8, 4) is 0 Å². The first-order chi connectivity index (χ1) is 16.9. The van der Waals surface area contributed by atoms with E-state index in [9.17, 15) is 14.4 Å². The molecule has 1 aromatic carbocycles. The van der Waals surface area contributed by atoms with Crippen molar-refractivity contribution in [2.75, 3.05) is 20.6 Å². The third kappa shape index (κ3) is 8.93. The highest BCUT2D eigenvalue weighted by Crippen LogP contribution is 2.28. The number of carbonyl (C=O) groups excluding carboxylic acids is 3. The molecule has 0 saturated carbocycles. The minimum Gasteiger partial charge on any atom is -0.353 e. The van der Waals surface area contributed by atoms with Gasteiger partial charge in [-0.15, -0.1) is 11.3 Å². The van der Waals surface area contributed by atoms with Gasteiger partial charge in [-0.2, -0.15) is 0 Å². The fourth-order valence-corrected chi connectivity index (χ4v) is 5.36. The van der Waals surface area contributed by atoms with Gasteiger partial charge in [0, 0.05) is 37.4 Å². The summed E-state index contributed by atoms with van der Waals surface area (Å²) in [6, 6.07) is 6.16. The van der Waals surface area contributed by atoms with Gasteiger partial charge in [-0.05, 0) is 57.0 Å². The van der Waals surface area contributed by atoms with Crippen molar-refractivity contribution in [2.45, 2.75) is 78.7 Å². The van der Waals surface area contributed by atoms with E-state index >= 15 is 0 Å². The Morgan fingerprint density at radius 2 is 1.86 bits per heavy atom. The molecule has 2 aromatic rings. The highest BCUT2D eigenvalue weighted by Gasteiger charge is 2.27. The number of nitrogens with zero attached hydrogens (tertiary/aromatic N) is 2. The molecule has 1 N–H and O–H groups in total. The number of amides is 1. The largest absolute Gasteiger partial charge is 0.353 e. The zero-order valence-electron chi connectivity index (χ0n) is 23.0. The van der Waals surface area contributed by atoms with Crippen LogP contribution < -0.4 is 5.32 Å². The molecule has 0 radical (unpaired) electrons. The Morgan fingerprint density at radius 3 is 2.44 bits per heavy atom. The van der Waals surface area contributed by atoms with Crippen LogP contribution in [0.25, 0.3) is 10.2 Å². The quantitative estimate of drug-likeness (QED) is 0.316. The maximum Gasteiger partial charge on any atom is 0.224 e. The van der Waals surface area contributed by atoms with E-state index in [2.05, 4.69) is 51.7 Å². The van der Waals surface area contributed by atoms with Crippen molar-refractivity contribution in [1.29, 1.82) is 0 Å². The van der Waals surface area contributed by atoms with Crippen LogP contribution in [-0.4, -0.2) is 54.0 Å². The molecule has 0 aliphatic carbocycles. The number of Topliss-reactive ketones (excluding diaryl/α,β-unsaturated/α-hetero) is 2. The lowest BCUT2D eigenvalue weighted by Crippen LogP contribution is -2.43. The number of ketones is 2. The van der Waals surface area contributed by atoms with Crippen LogP contribution in [0.1, 0.15) is 76.8 Å². The average molecular weight is 514 g/mol. The summed E-state index contributed by atoms with van der Waals surface area (Å²) in [7, 11) is 3.81. The second-order valence-electron chi connectivity index (χ2n) is 10.6. The predicted molar refractivity (Wildman–Crippen MR) is 150 cm³/mol. The second-order valence-corrected chi connectivity index (χ2v) is 11.7. The summed E-state index contributed by atoms with van der Waals surface area (Å²) in [5.74, 6) is 0.0190. The van der Waals surface area contributed by atoms with Gasteiger partial charge in [0.15, 0.2) is 5.78 Å². The lowest BCUT2D eigenvalue weighted by atomic mass is 9.91. The predicted octanol–water partition coefficient (Wildman–Crippen LogP) is 5.56. The molecule has 0 bridgehead atoms. The van der Waals surface area contributed by atoms with E-state index in [1.54, 1.807) is 11.3 Å². The maximum atomic E-state index is 13.4. The first-order valence-electron chi connectivity index (χ1n) is 13.0. The number of nitrogens with one attached hydrogen (secondary N) is 1. The van der Waals surface area contributed by atoms with Gasteiger partial charge >= 0.3 is 0 Å². The summed E-state index contributed by atoms with van der Waals surface area (Å²) in [5, 5.41) is 4.04. The van der Waals surface area contributed by atoms with Crippen LogP contribution >= 0.6 is 11.3 Å². The Kier molecular flexibility index (Phi) is 11.4. The number of hydrogen-bond acceptors (Lipinski definition) is 6. The van der Waals surface area contributed by atoms with Crippen LogP contribution in [0.5, 0.6) is 0 Å². The summed E-state index contributed by atoms with van der Waals surface area (Å²) in [5.41, 5.74) is 2.77. The summed E-state index contributed by atoms with van der Waals surface area (Å²) in [6.07, 6.45) is 2.37. The number of likely N-dealkylation sites (N-methyl/N-ethyl adjacent to an activating group) is 1. The lowest BCUT2D eigenvalue weighted by Gasteiger charge is -2.26. The van der Waals surface area contributed by atoms with Gasteiger partial charge in [0.05, 0.1) is 21.1 Å². The smallest absolute Gasteiger partial charge is 0.224 e. The topological polar surface area (TPSA) is 79.4 Å². The fourth-order valence-electron chi connectivity index (χ4n) is 4.27. The fraction of sp³-hybridized carbons (Fsp3) is 0.586.